The molecule has 3 heteroatoms. The molecule has 3 nitrogen and oxygen atoms in total. The molecule has 0 N–H and O–H groups in total. The Morgan fingerprint density at radius 2 is 2.45 bits per heavy atom. The van der Waals surface area contributed by atoms with E-state index in [1.165, 1.54) is 18.7 Å². The van der Waals surface area contributed by atoms with Crippen molar-refractivity contribution in [2.75, 3.05) is 0 Å². The summed E-state index contributed by atoms with van der Waals surface area (Å²) >= 11 is 0. The van der Waals surface area contributed by atoms with Crippen LogP contribution in [0.1, 0.15) is 30.5 Å². The summed E-state index contributed by atoms with van der Waals surface area (Å²) < 4.78 is 2.14. The average Bonchev–Trinajstić information content (AvgIpc) is 2.67. The van der Waals surface area contributed by atoms with Crippen LogP contribution >= 0.6 is 0 Å². The second kappa shape index (κ2) is 1.65. The molecule has 0 saturated heterocycles. The minimum absolute atomic E-state index is 0.722. The summed E-state index contributed by atoms with van der Waals surface area (Å²) in [7, 11) is 0. The predicted octanol–water partition coefficient (Wildman–Crippen LogP) is 1.09. The summed E-state index contributed by atoms with van der Waals surface area (Å²) in [6, 6.07) is 0.722. The number of aromatic nitrogens is 3. The Balaban J connectivity index is 2.14. The number of nitrogens with zero attached hydrogens (tertiary/aromatic N) is 3. The Labute approximate surface area is 65.4 Å². The lowest BCUT2D eigenvalue weighted by Crippen LogP contribution is -2.10. The van der Waals surface area contributed by atoms with E-state index in [1.54, 1.807) is 0 Å². The molecule has 11 heavy (non-hydrogen) atoms. The molecule has 1 fully saturated rings. The number of aryl methyl sites for hydroxylation is 2. The summed E-state index contributed by atoms with van der Waals surface area (Å²) in [5.74, 6) is 3.08. The first-order chi connectivity index (χ1) is 5.34. The van der Waals surface area contributed by atoms with Gasteiger partial charge in [-0.1, -0.05) is 0 Å². The van der Waals surface area contributed by atoms with Crippen LogP contribution < -0.4 is 0 Å². The van der Waals surface area contributed by atoms with Crippen LogP contribution in [0.25, 0.3) is 0 Å². The highest BCUT2D eigenvalue weighted by Gasteiger charge is 2.43. The van der Waals surface area contributed by atoms with Crippen LogP contribution in [0.15, 0.2) is 0 Å². The number of hydrogen-bond donors (Lipinski definition) is 0. The van der Waals surface area contributed by atoms with Gasteiger partial charge in [0.25, 0.3) is 0 Å². The van der Waals surface area contributed by atoms with Crippen LogP contribution in [0.3, 0.4) is 0 Å². The van der Waals surface area contributed by atoms with Crippen molar-refractivity contribution in [3.8, 4) is 0 Å². The third kappa shape index (κ3) is 0.682. The molecule has 2 unspecified atom stereocenters. The zero-order valence-electron chi connectivity index (χ0n) is 6.62. The van der Waals surface area contributed by atoms with Gasteiger partial charge in [-0.25, -0.2) is 9.67 Å². The molecule has 3 rings (SSSR count). The summed E-state index contributed by atoms with van der Waals surface area (Å²) in [6.45, 7) is 1.97. The summed E-state index contributed by atoms with van der Waals surface area (Å²) in [5, 5.41) is 4.38. The third-order valence-corrected chi connectivity index (χ3v) is 2.75. The fourth-order valence-electron chi connectivity index (χ4n) is 2.07. The first-order valence-corrected chi connectivity index (χ1v) is 4.26. The highest BCUT2D eigenvalue weighted by atomic mass is 15.4. The Hall–Kier alpha value is -0.860. The summed E-state index contributed by atoms with van der Waals surface area (Å²) in [5.41, 5.74) is 0. The molecule has 58 valence electrons. The lowest BCUT2D eigenvalue weighted by atomic mass is 10.2. The first kappa shape index (κ1) is 5.75. The van der Waals surface area contributed by atoms with Crippen molar-refractivity contribution in [3.05, 3.63) is 11.6 Å². The van der Waals surface area contributed by atoms with E-state index in [9.17, 15) is 0 Å². The standard InChI is InChI=1S/C8H11N3/c1-5-9-8-3-2-6-4-7(6)11(8)10-5/h6-7H,2-4H2,1H3. The van der Waals surface area contributed by atoms with E-state index in [2.05, 4.69) is 14.8 Å². The molecule has 1 aliphatic carbocycles. The molecule has 1 saturated carbocycles. The largest absolute Gasteiger partial charge is 0.246 e. The number of hydrogen-bond acceptors (Lipinski definition) is 2. The lowest BCUT2D eigenvalue weighted by Gasteiger charge is -2.09. The van der Waals surface area contributed by atoms with Gasteiger partial charge in [0.2, 0.25) is 0 Å². The van der Waals surface area contributed by atoms with Gasteiger partial charge in [0, 0.05) is 6.42 Å². The van der Waals surface area contributed by atoms with Crippen molar-refractivity contribution in [1.82, 2.24) is 14.8 Å². The topological polar surface area (TPSA) is 30.7 Å². The van der Waals surface area contributed by atoms with Gasteiger partial charge >= 0.3 is 0 Å². The third-order valence-electron chi connectivity index (χ3n) is 2.75. The number of rotatable bonds is 0. The molecule has 0 spiro atoms. The van der Waals surface area contributed by atoms with E-state index < -0.39 is 0 Å². The van der Waals surface area contributed by atoms with E-state index in [0.29, 0.717) is 0 Å². The van der Waals surface area contributed by atoms with Gasteiger partial charge in [-0.15, -0.1) is 0 Å². The van der Waals surface area contributed by atoms with Crippen molar-refractivity contribution in [2.24, 2.45) is 5.92 Å². The molecule has 0 radical (unpaired) electrons. The van der Waals surface area contributed by atoms with E-state index in [1.807, 2.05) is 6.92 Å². The molecular formula is C8H11N3. The van der Waals surface area contributed by atoms with Gasteiger partial charge in [-0.3, -0.25) is 0 Å². The number of fused-ring (bicyclic) bond motifs is 3. The van der Waals surface area contributed by atoms with Crippen molar-refractivity contribution in [1.29, 1.82) is 0 Å². The first-order valence-electron chi connectivity index (χ1n) is 4.26. The molecular weight excluding hydrogens is 138 g/mol. The Kier molecular flexibility index (Phi) is 0.864. The van der Waals surface area contributed by atoms with Gasteiger partial charge in [0.15, 0.2) is 0 Å². The Bertz CT molecular complexity index is 302. The zero-order valence-corrected chi connectivity index (χ0v) is 6.62. The van der Waals surface area contributed by atoms with Gasteiger partial charge in [0.1, 0.15) is 11.6 Å². The molecule has 2 aliphatic rings. The second-order valence-corrected chi connectivity index (χ2v) is 3.62. The maximum Gasteiger partial charge on any atom is 0.147 e. The SMILES string of the molecule is Cc1nc2n(n1)C1CC1CC2. The van der Waals surface area contributed by atoms with Gasteiger partial charge in [0.05, 0.1) is 6.04 Å². The van der Waals surface area contributed by atoms with Gasteiger partial charge in [-0.2, -0.15) is 5.10 Å². The molecule has 0 bridgehead atoms. The normalized spacial score (nSPS) is 32.8. The van der Waals surface area contributed by atoms with E-state index in [0.717, 1.165) is 24.2 Å². The predicted molar refractivity (Wildman–Crippen MR) is 40.2 cm³/mol. The monoisotopic (exact) mass is 149 g/mol. The average molecular weight is 149 g/mol. The van der Waals surface area contributed by atoms with Crippen LogP contribution in [0.2, 0.25) is 0 Å². The van der Waals surface area contributed by atoms with Crippen LogP contribution in [0.5, 0.6) is 0 Å². The summed E-state index contributed by atoms with van der Waals surface area (Å²) in [6.07, 6.45) is 3.82. The quantitative estimate of drug-likeness (QED) is 0.553. The minimum atomic E-state index is 0.722. The maximum atomic E-state index is 4.38. The molecule has 1 aliphatic heterocycles. The van der Waals surface area contributed by atoms with E-state index in [4.69, 9.17) is 0 Å². The fourth-order valence-corrected chi connectivity index (χ4v) is 2.07. The van der Waals surface area contributed by atoms with Crippen LogP contribution in [0.4, 0.5) is 0 Å². The van der Waals surface area contributed by atoms with Crippen LogP contribution in [-0.2, 0) is 6.42 Å². The molecule has 2 atom stereocenters. The van der Waals surface area contributed by atoms with Crippen molar-refractivity contribution in [2.45, 2.75) is 32.2 Å². The van der Waals surface area contributed by atoms with Crippen molar-refractivity contribution >= 4 is 0 Å². The highest BCUT2D eigenvalue weighted by Crippen LogP contribution is 2.49. The zero-order chi connectivity index (χ0) is 7.42. The molecule has 1 aromatic heterocycles. The maximum absolute atomic E-state index is 4.38. The highest BCUT2D eigenvalue weighted by molar-refractivity contribution is 5.06. The molecule has 1 aromatic rings. The van der Waals surface area contributed by atoms with Crippen LogP contribution in [0, 0.1) is 12.8 Å². The minimum Gasteiger partial charge on any atom is -0.246 e. The molecule has 0 aromatic carbocycles. The van der Waals surface area contributed by atoms with Gasteiger partial charge < -0.3 is 0 Å². The van der Waals surface area contributed by atoms with E-state index >= 15 is 0 Å². The Morgan fingerprint density at radius 3 is 3.36 bits per heavy atom. The smallest absolute Gasteiger partial charge is 0.147 e. The van der Waals surface area contributed by atoms with Crippen LogP contribution in [-0.4, -0.2) is 14.8 Å². The van der Waals surface area contributed by atoms with Crippen molar-refractivity contribution in [3.63, 3.8) is 0 Å². The van der Waals surface area contributed by atoms with Gasteiger partial charge in [-0.05, 0) is 25.7 Å². The van der Waals surface area contributed by atoms with E-state index in [-0.39, 0.29) is 0 Å². The lowest BCUT2D eigenvalue weighted by molar-refractivity contribution is 0.485. The second-order valence-electron chi connectivity index (χ2n) is 3.62. The molecule has 2 heterocycles. The molecule has 0 amide bonds. The Morgan fingerprint density at radius 1 is 1.55 bits per heavy atom. The van der Waals surface area contributed by atoms with Crippen molar-refractivity contribution < 1.29 is 0 Å². The fraction of sp³-hybridized carbons (Fsp3) is 0.750. The summed E-state index contributed by atoms with van der Waals surface area (Å²) in [4.78, 5) is 4.38.